The zero-order valence-electron chi connectivity index (χ0n) is 7.94. The van der Waals surface area contributed by atoms with Crippen molar-refractivity contribution in [3.05, 3.63) is 39.5 Å². The Labute approximate surface area is 92.7 Å². The third-order valence-corrected chi connectivity index (χ3v) is 3.18. The molecule has 0 bridgehead atoms. The first-order chi connectivity index (χ1) is 6.61. The second-order valence-electron chi connectivity index (χ2n) is 3.31. The Morgan fingerprint density at radius 3 is 2.57 bits per heavy atom. The molecule has 0 amide bonds. The Morgan fingerprint density at radius 1 is 1.14 bits per heavy atom. The number of hydrogen-bond acceptors (Lipinski definition) is 1. The van der Waals surface area contributed by atoms with Crippen LogP contribution in [0.1, 0.15) is 11.1 Å². The Bertz CT molecular complexity index is 506. The molecule has 0 atom stereocenters. The predicted molar refractivity (Wildman–Crippen MR) is 61.2 cm³/mol. The third-order valence-electron chi connectivity index (χ3n) is 2.32. The van der Waals surface area contributed by atoms with Crippen LogP contribution < -0.4 is 0 Å². The van der Waals surface area contributed by atoms with Crippen molar-refractivity contribution in [1.82, 2.24) is 4.98 Å². The van der Waals surface area contributed by atoms with E-state index in [-0.39, 0.29) is 0 Å². The van der Waals surface area contributed by atoms with Crippen LogP contribution in [0.2, 0.25) is 10.2 Å². The molecule has 0 unspecified atom stereocenters. The third kappa shape index (κ3) is 1.37. The first-order valence-electron chi connectivity index (χ1n) is 4.32. The van der Waals surface area contributed by atoms with Crippen LogP contribution in [0.5, 0.6) is 0 Å². The molecule has 2 rings (SSSR count). The van der Waals surface area contributed by atoms with E-state index in [2.05, 4.69) is 4.98 Å². The summed E-state index contributed by atoms with van der Waals surface area (Å²) in [5.41, 5.74) is 2.81. The number of pyridine rings is 1. The standard InChI is InChI=1S/C11H9Cl2N/c1-6-4-3-5-8-9(12)7(2)11(13)14-10(6)8/h3-5H,1-2H3. The van der Waals surface area contributed by atoms with E-state index >= 15 is 0 Å². The molecule has 0 aliphatic carbocycles. The minimum Gasteiger partial charge on any atom is -0.235 e. The lowest BCUT2D eigenvalue weighted by molar-refractivity contribution is 1.31. The molecule has 1 nitrogen and oxygen atoms in total. The maximum absolute atomic E-state index is 6.18. The van der Waals surface area contributed by atoms with Gasteiger partial charge in [0.1, 0.15) is 5.15 Å². The molecule has 0 saturated carbocycles. The second kappa shape index (κ2) is 3.41. The molecule has 0 aliphatic heterocycles. The number of hydrogen-bond donors (Lipinski definition) is 0. The van der Waals surface area contributed by atoms with Gasteiger partial charge in [0.25, 0.3) is 0 Å². The Kier molecular flexibility index (Phi) is 2.38. The lowest BCUT2D eigenvalue weighted by atomic mass is 10.1. The highest BCUT2D eigenvalue weighted by molar-refractivity contribution is 6.39. The molecule has 14 heavy (non-hydrogen) atoms. The summed E-state index contributed by atoms with van der Waals surface area (Å²) in [5, 5.41) is 2.15. The van der Waals surface area contributed by atoms with Gasteiger partial charge in [-0.25, -0.2) is 4.98 Å². The number of nitrogens with zero attached hydrogens (tertiary/aromatic N) is 1. The predicted octanol–water partition coefficient (Wildman–Crippen LogP) is 4.16. The molecule has 1 aromatic heterocycles. The second-order valence-corrected chi connectivity index (χ2v) is 4.05. The van der Waals surface area contributed by atoms with E-state index in [0.29, 0.717) is 10.2 Å². The largest absolute Gasteiger partial charge is 0.235 e. The van der Waals surface area contributed by atoms with Crippen LogP contribution in [0.4, 0.5) is 0 Å². The smallest absolute Gasteiger partial charge is 0.134 e. The summed E-state index contributed by atoms with van der Waals surface area (Å²) in [6, 6.07) is 5.93. The van der Waals surface area contributed by atoms with Gasteiger partial charge in [-0.05, 0) is 19.4 Å². The van der Waals surface area contributed by atoms with Crippen molar-refractivity contribution in [1.29, 1.82) is 0 Å². The van der Waals surface area contributed by atoms with Gasteiger partial charge in [-0.1, -0.05) is 41.4 Å². The zero-order chi connectivity index (χ0) is 10.3. The molecule has 2 aromatic rings. The summed E-state index contributed by atoms with van der Waals surface area (Å²) >= 11 is 12.1. The number of rotatable bonds is 0. The molecule has 0 spiro atoms. The highest BCUT2D eigenvalue weighted by Crippen LogP contribution is 2.31. The van der Waals surface area contributed by atoms with Gasteiger partial charge >= 0.3 is 0 Å². The maximum atomic E-state index is 6.18. The lowest BCUT2D eigenvalue weighted by Gasteiger charge is -2.07. The molecule has 72 valence electrons. The first kappa shape index (κ1) is 9.75. The Hall–Kier alpha value is -0.790. The monoisotopic (exact) mass is 225 g/mol. The van der Waals surface area contributed by atoms with E-state index in [1.165, 1.54) is 0 Å². The molecule has 0 fully saturated rings. The summed E-state index contributed by atoms with van der Waals surface area (Å²) in [6.45, 7) is 3.87. The minimum absolute atomic E-state index is 0.483. The van der Waals surface area contributed by atoms with Gasteiger partial charge in [0.15, 0.2) is 0 Å². The molecular weight excluding hydrogens is 217 g/mol. The summed E-state index contributed by atoms with van der Waals surface area (Å²) in [5.74, 6) is 0. The van der Waals surface area contributed by atoms with Crippen molar-refractivity contribution in [2.45, 2.75) is 13.8 Å². The van der Waals surface area contributed by atoms with Gasteiger partial charge in [-0.15, -0.1) is 0 Å². The topological polar surface area (TPSA) is 12.9 Å². The van der Waals surface area contributed by atoms with Gasteiger partial charge in [0, 0.05) is 10.9 Å². The summed E-state index contributed by atoms with van der Waals surface area (Å²) in [6.07, 6.45) is 0. The van der Waals surface area contributed by atoms with Crippen molar-refractivity contribution in [2.24, 2.45) is 0 Å². The highest BCUT2D eigenvalue weighted by Gasteiger charge is 2.09. The molecule has 0 radical (unpaired) electrons. The number of benzene rings is 1. The van der Waals surface area contributed by atoms with E-state index in [4.69, 9.17) is 23.2 Å². The van der Waals surface area contributed by atoms with Gasteiger partial charge in [0.05, 0.1) is 10.5 Å². The normalized spacial score (nSPS) is 10.9. The van der Waals surface area contributed by atoms with Crippen molar-refractivity contribution in [3.8, 4) is 0 Å². The molecule has 0 N–H and O–H groups in total. The van der Waals surface area contributed by atoms with Crippen molar-refractivity contribution in [2.75, 3.05) is 0 Å². The average Bonchev–Trinajstić information content (AvgIpc) is 2.17. The van der Waals surface area contributed by atoms with Gasteiger partial charge < -0.3 is 0 Å². The van der Waals surface area contributed by atoms with Crippen LogP contribution in [-0.4, -0.2) is 4.98 Å². The quantitative estimate of drug-likeness (QED) is 0.614. The van der Waals surface area contributed by atoms with Crippen LogP contribution in [0.3, 0.4) is 0 Å². The Morgan fingerprint density at radius 2 is 1.86 bits per heavy atom. The first-order valence-corrected chi connectivity index (χ1v) is 5.08. The average molecular weight is 226 g/mol. The number of aryl methyl sites for hydroxylation is 1. The van der Waals surface area contributed by atoms with Crippen LogP contribution >= 0.6 is 23.2 Å². The fraction of sp³-hybridized carbons (Fsp3) is 0.182. The maximum Gasteiger partial charge on any atom is 0.134 e. The molecule has 0 saturated heterocycles. The van der Waals surface area contributed by atoms with E-state index in [0.717, 1.165) is 22.0 Å². The van der Waals surface area contributed by atoms with Gasteiger partial charge in [-0.3, -0.25) is 0 Å². The van der Waals surface area contributed by atoms with Crippen LogP contribution in [0.25, 0.3) is 10.9 Å². The molecule has 0 aliphatic rings. The lowest BCUT2D eigenvalue weighted by Crippen LogP contribution is -1.89. The summed E-state index contributed by atoms with van der Waals surface area (Å²) in [7, 11) is 0. The molecule has 3 heteroatoms. The van der Waals surface area contributed by atoms with Crippen molar-refractivity contribution < 1.29 is 0 Å². The SMILES string of the molecule is Cc1c(Cl)nc2c(C)cccc2c1Cl. The van der Waals surface area contributed by atoms with Gasteiger partial charge in [-0.2, -0.15) is 0 Å². The van der Waals surface area contributed by atoms with E-state index in [9.17, 15) is 0 Å². The molecule has 1 aromatic carbocycles. The van der Waals surface area contributed by atoms with E-state index in [1.54, 1.807) is 0 Å². The zero-order valence-corrected chi connectivity index (χ0v) is 9.45. The van der Waals surface area contributed by atoms with Crippen LogP contribution in [0.15, 0.2) is 18.2 Å². The fourth-order valence-corrected chi connectivity index (χ4v) is 1.93. The van der Waals surface area contributed by atoms with Crippen molar-refractivity contribution >= 4 is 34.1 Å². The number of aromatic nitrogens is 1. The van der Waals surface area contributed by atoms with E-state index in [1.807, 2.05) is 32.0 Å². The molecule has 1 heterocycles. The van der Waals surface area contributed by atoms with Gasteiger partial charge in [0.2, 0.25) is 0 Å². The number of fused-ring (bicyclic) bond motifs is 1. The fourth-order valence-electron chi connectivity index (χ4n) is 1.46. The number of para-hydroxylation sites is 1. The van der Waals surface area contributed by atoms with Crippen LogP contribution in [-0.2, 0) is 0 Å². The van der Waals surface area contributed by atoms with Crippen molar-refractivity contribution in [3.63, 3.8) is 0 Å². The van der Waals surface area contributed by atoms with Crippen LogP contribution in [0, 0.1) is 13.8 Å². The Balaban J connectivity index is 2.98. The minimum atomic E-state index is 0.483. The number of halogens is 2. The molecular formula is C11H9Cl2N. The summed E-state index contributed by atoms with van der Waals surface area (Å²) in [4.78, 5) is 4.32. The highest BCUT2D eigenvalue weighted by atomic mass is 35.5. The van der Waals surface area contributed by atoms with E-state index < -0.39 is 0 Å². The summed E-state index contributed by atoms with van der Waals surface area (Å²) < 4.78 is 0.